The number of cyclic esters (lactones) is 2. The maximum absolute atomic E-state index is 11.7. The second-order valence-electron chi connectivity index (χ2n) is 4.31. The van der Waals surface area contributed by atoms with E-state index in [4.69, 9.17) is 0 Å². The molecule has 0 radical (unpaired) electrons. The Morgan fingerprint density at radius 2 is 2.05 bits per heavy atom. The molecule has 1 aliphatic rings. The minimum atomic E-state index is -0.738. The molecule has 1 aliphatic heterocycles. The molecular weight excluding hydrogens is 246 g/mol. The van der Waals surface area contributed by atoms with E-state index < -0.39 is 11.9 Å². The number of ether oxygens (including phenoxy) is 1. The van der Waals surface area contributed by atoms with Gasteiger partial charge in [-0.15, -0.1) is 5.10 Å². The van der Waals surface area contributed by atoms with E-state index in [1.54, 1.807) is 0 Å². The lowest BCUT2D eigenvalue weighted by molar-refractivity contribution is 0.0434. The highest BCUT2D eigenvalue weighted by Gasteiger charge is 2.37. The van der Waals surface area contributed by atoms with Crippen molar-refractivity contribution in [3.05, 3.63) is 40.7 Å². The van der Waals surface area contributed by atoms with Crippen molar-refractivity contribution in [1.29, 1.82) is 0 Å². The van der Waals surface area contributed by atoms with E-state index in [0.29, 0.717) is 0 Å². The number of aryl methyl sites for hydroxylation is 2. The minimum absolute atomic E-state index is 0.0182. The number of nitrogens with zero attached hydrogens (tertiary/aromatic N) is 3. The number of aromatic nitrogens is 3. The lowest BCUT2D eigenvalue weighted by Gasteiger charge is -2.11. The zero-order valence-electron chi connectivity index (χ0n) is 10.5. The molecule has 0 saturated carbocycles. The molecule has 3 rings (SSSR count). The van der Waals surface area contributed by atoms with Gasteiger partial charge in [-0.2, -0.15) is 0 Å². The van der Waals surface area contributed by atoms with E-state index in [1.165, 1.54) is 4.68 Å². The largest absolute Gasteiger partial charge is 0.383 e. The van der Waals surface area contributed by atoms with Crippen molar-refractivity contribution in [2.75, 3.05) is 0 Å². The highest BCUT2D eigenvalue weighted by molar-refractivity contribution is 6.12. The molecule has 0 atom stereocenters. The van der Waals surface area contributed by atoms with Crippen molar-refractivity contribution in [2.45, 2.75) is 20.3 Å². The molecule has 6 heteroatoms. The summed E-state index contributed by atoms with van der Waals surface area (Å²) in [5, 5.41) is 7.66. The topological polar surface area (TPSA) is 74.1 Å². The number of carbonyl (C=O) groups is 2. The number of fused-ring (bicyclic) bond motifs is 1. The molecule has 0 spiro atoms. The number of rotatable bonds is 2. The summed E-state index contributed by atoms with van der Waals surface area (Å²) in [4.78, 5) is 23.1. The molecule has 1 aromatic carbocycles. The van der Waals surface area contributed by atoms with Crippen LogP contribution in [0.15, 0.2) is 18.2 Å². The monoisotopic (exact) mass is 257 g/mol. The molecule has 0 N–H and O–H groups in total. The van der Waals surface area contributed by atoms with E-state index >= 15 is 0 Å². The SMILES string of the molecule is CCc1cccc(C)c1-n1nnc2c1C(=O)OC2=O. The maximum Gasteiger partial charge on any atom is 0.369 e. The minimum Gasteiger partial charge on any atom is -0.383 e. The molecule has 0 bridgehead atoms. The molecule has 6 nitrogen and oxygen atoms in total. The highest BCUT2D eigenvalue weighted by Crippen LogP contribution is 2.25. The lowest BCUT2D eigenvalue weighted by Crippen LogP contribution is -2.11. The van der Waals surface area contributed by atoms with Crippen LogP contribution in [0.2, 0.25) is 0 Å². The Balaban J connectivity index is 2.28. The number of benzene rings is 1. The summed E-state index contributed by atoms with van der Waals surface area (Å²) in [5.74, 6) is -1.44. The summed E-state index contributed by atoms with van der Waals surface area (Å²) < 4.78 is 5.95. The Morgan fingerprint density at radius 3 is 2.79 bits per heavy atom. The summed E-state index contributed by atoms with van der Waals surface area (Å²) in [7, 11) is 0. The van der Waals surface area contributed by atoms with Gasteiger partial charge in [0.05, 0.1) is 5.69 Å². The Labute approximate surface area is 109 Å². The fourth-order valence-electron chi connectivity index (χ4n) is 2.25. The van der Waals surface area contributed by atoms with Crippen LogP contribution in [0.4, 0.5) is 0 Å². The van der Waals surface area contributed by atoms with Gasteiger partial charge in [-0.1, -0.05) is 30.3 Å². The van der Waals surface area contributed by atoms with Crippen LogP contribution >= 0.6 is 0 Å². The van der Waals surface area contributed by atoms with Gasteiger partial charge in [0.15, 0.2) is 5.69 Å². The van der Waals surface area contributed by atoms with Crippen molar-refractivity contribution in [1.82, 2.24) is 15.0 Å². The van der Waals surface area contributed by atoms with Gasteiger partial charge >= 0.3 is 11.9 Å². The summed E-state index contributed by atoms with van der Waals surface area (Å²) >= 11 is 0. The number of hydrogen-bond acceptors (Lipinski definition) is 5. The molecule has 0 aliphatic carbocycles. The fourth-order valence-corrected chi connectivity index (χ4v) is 2.25. The van der Waals surface area contributed by atoms with E-state index in [2.05, 4.69) is 15.0 Å². The molecule has 0 amide bonds. The molecular formula is C13H11N3O3. The van der Waals surface area contributed by atoms with Crippen molar-refractivity contribution < 1.29 is 14.3 Å². The second kappa shape index (κ2) is 4.01. The van der Waals surface area contributed by atoms with Gasteiger partial charge < -0.3 is 4.74 Å². The average molecular weight is 257 g/mol. The molecule has 19 heavy (non-hydrogen) atoms. The Bertz CT molecular complexity index is 703. The Morgan fingerprint density at radius 1 is 1.26 bits per heavy atom. The molecule has 2 heterocycles. The summed E-state index contributed by atoms with van der Waals surface area (Å²) in [6.45, 7) is 3.93. The molecule has 0 saturated heterocycles. The number of hydrogen-bond donors (Lipinski definition) is 0. The van der Waals surface area contributed by atoms with Gasteiger partial charge in [0, 0.05) is 0 Å². The predicted molar refractivity (Wildman–Crippen MR) is 65.2 cm³/mol. The second-order valence-corrected chi connectivity index (χ2v) is 4.31. The van der Waals surface area contributed by atoms with Crippen molar-refractivity contribution >= 4 is 11.9 Å². The highest BCUT2D eigenvalue weighted by atomic mass is 16.6. The van der Waals surface area contributed by atoms with Crippen LogP contribution in [-0.4, -0.2) is 26.9 Å². The first-order chi connectivity index (χ1) is 9.13. The van der Waals surface area contributed by atoms with Crippen molar-refractivity contribution in [2.24, 2.45) is 0 Å². The quantitative estimate of drug-likeness (QED) is 0.601. The van der Waals surface area contributed by atoms with Crippen LogP contribution < -0.4 is 0 Å². The standard InChI is InChI=1S/C13H11N3O3/c1-3-8-6-4-5-7(2)10(8)16-11-9(14-15-16)12(17)19-13(11)18/h4-6H,3H2,1-2H3. The summed E-state index contributed by atoms with van der Waals surface area (Å²) in [6.07, 6.45) is 0.786. The van der Waals surface area contributed by atoms with Gasteiger partial charge in [0.1, 0.15) is 0 Å². The van der Waals surface area contributed by atoms with Gasteiger partial charge in [-0.25, -0.2) is 14.3 Å². The zero-order valence-corrected chi connectivity index (χ0v) is 10.5. The smallest absolute Gasteiger partial charge is 0.369 e. The molecule has 2 aromatic rings. The van der Waals surface area contributed by atoms with Crippen LogP contribution in [-0.2, 0) is 11.2 Å². The van der Waals surface area contributed by atoms with Crippen LogP contribution in [0.5, 0.6) is 0 Å². The predicted octanol–water partition coefficient (Wildman–Crippen LogP) is 1.45. The normalized spacial score (nSPS) is 13.6. The van der Waals surface area contributed by atoms with Crippen molar-refractivity contribution in [3.8, 4) is 5.69 Å². The van der Waals surface area contributed by atoms with E-state index in [-0.39, 0.29) is 11.4 Å². The third kappa shape index (κ3) is 1.56. The van der Waals surface area contributed by atoms with E-state index in [1.807, 2.05) is 32.0 Å². The number of para-hydroxylation sites is 1. The van der Waals surface area contributed by atoms with Crippen LogP contribution in [0.1, 0.15) is 39.0 Å². The van der Waals surface area contributed by atoms with Gasteiger partial charge in [-0.05, 0) is 24.5 Å². The Kier molecular flexibility index (Phi) is 2.45. The first kappa shape index (κ1) is 11.6. The maximum atomic E-state index is 11.7. The first-order valence-electron chi connectivity index (χ1n) is 5.94. The number of carbonyl (C=O) groups excluding carboxylic acids is 2. The first-order valence-corrected chi connectivity index (χ1v) is 5.94. The Hall–Kier alpha value is -2.50. The zero-order chi connectivity index (χ0) is 13.6. The van der Waals surface area contributed by atoms with E-state index in [9.17, 15) is 9.59 Å². The fraction of sp³-hybridized carbons (Fsp3) is 0.231. The molecule has 96 valence electrons. The summed E-state index contributed by atoms with van der Waals surface area (Å²) in [5.41, 5.74) is 2.86. The van der Waals surface area contributed by atoms with Crippen LogP contribution in [0, 0.1) is 6.92 Å². The third-order valence-corrected chi connectivity index (χ3v) is 3.16. The molecule has 1 aromatic heterocycles. The van der Waals surface area contributed by atoms with E-state index in [0.717, 1.165) is 23.2 Å². The molecule has 0 fully saturated rings. The van der Waals surface area contributed by atoms with Crippen LogP contribution in [0.3, 0.4) is 0 Å². The van der Waals surface area contributed by atoms with Gasteiger partial charge in [0.25, 0.3) is 0 Å². The lowest BCUT2D eigenvalue weighted by atomic mass is 10.1. The third-order valence-electron chi connectivity index (χ3n) is 3.16. The van der Waals surface area contributed by atoms with Gasteiger partial charge in [0.2, 0.25) is 5.69 Å². The van der Waals surface area contributed by atoms with Crippen LogP contribution in [0.25, 0.3) is 5.69 Å². The summed E-state index contributed by atoms with van der Waals surface area (Å²) in [6, 6.07) is 5.82. The van der Waals surface area contributed by atoms with Gasteiger partial charge in [-0.3, -0.25) is 0 Å². The number of esters is 2. The molecule has 0 unspecified atom stereocenters. The average Bonchev–Trinajstić information content (AvgIpc) is 2.92. The van der Waals surface area contributed by atoms with Crippen molar-refractivity contribution in [3.63, 3.8) is 0 Å².